The summed E-state index contributed by atoms with van der Waals surface area (Å²) in [5.74, 6) is -0.521. The molecule has 0 spiro atoms. The van der Waals surface area contributed by atoms with Crippen molar-refractivity contribution in [2.75, 3.05) is 58.2 Å². The van der Waals surface area contributed by atoms with Crippen molar-refractivity contribution < 1.29 is 31.4 Å². The molecule has 0 unspecified atom stereocenters. The average Bonchev–Trinajstić information content (AvgIpc) is 2.97. The largest absolute Gasteiger partial charge is 0.493 e. The van der Waals surface area contributed by atoms with E-state index in [0.29, 0.717) is 34.8 Å². The van der Waals surface area contributed by atoms with E-state index >= 15 is 4.39 Å². The maximum absolute atomic E-state index is 15.0. The number of benzene rings is 3. The summed E-state index contributed by atoms with van der Waals surface area (Å²) in [5.41, 5.74) is 0.482. The molecule has 0 atom stereocenters. The number of hydrogen-bond acceptors (Lipinski definition) is 8. The number of rotatable bonds is 11. The number of likely N-dealkylation sites (N-methyl/N-ethyl adjacent to an activating group) is 1. The predicted molar refractivity (Wildman–Crippen MR) is 156 cm³/mol. The first-order valence-corrected chi connectivity index (χ1v) is 15.0. The number of piperazine rings is 1. The Balaban J connectivity index is 1.28. The lowest BCUT2D eigenvalue weighted by molar-refractivity contribution is 0.145. The predicted octanol–water partition coefficient (Wildman–Crippen LogP) is 5.13. The number of nitrogens with one attached hydrogen (secondary N) is 1. The van der Waals surface area contributed by atoms with Crippen LogP contribution in [0.2, 0.25) is 0 Å². The van der Waals surface area contributed by atoms with Crippen LogP contribution in [0.25, 0.3) is 10.9 Å². The van der Waals surface area contributed by atoms with Gasteiger partial charge < -0.3 is 24.0 Å². The van der Waals surface area contributed by atoms with E-state index in [2.05, 4.69) is 26.6 Å². The zero-order chi connectivity index (χ0) is 29.7. The molecule has 1 N–H and O–H groups in total. The number of anilines is 1. The lowest BCUT2D eigenvalue weighted by Crippen LogP contribution is -2.44. The molecule has 1 aromatic heterocycles. The number of nitrogens with zero attached hydrogens (tertiary/aromatic N) is 3. The van der Waals surface area contributed by atoms with Crippen molar-refractivity contribution in [1.29, 1.82) is 0 Å². The lowest BCUT2D eigenvalue weighted by Gasteiger charge is -2.32. The fourth-order valence-corrected chi connectivity index (χ4v) is 5.80. The van der Waals surface area contributed by atoms with Crippen LogP contribution in [0, 0.1) is 11.6 Å². The molecule has 0 bridgehead atoms. The molecule has 12 heteroatoms. The molecular weight excluding hydrogens is 566 g/mol. The van der Waals surface area contributed by atoms with E-state index in [4.69, 9.17) is 14.2 Å². The molecule has 1 aliphatic rings. The zero-order valence-electron chi connectivity index (χ0n) is 23.3. The molecule has 42 heavy (non-hydrogen) atoms. The number of hydrogen-bond donors (Lipinski definition) is 1. The van der Waals surface area contributed by atoms with Crippen LogP contribution in [0.15, 0.2) is 71.8 Å². The van der Waals surface area contributed by atoms with Crippen molar-refractivity contribution in [2.45, 2.75) is 11.3 Å². The van der Waals surface area contributed by atoms with E-state index in [1.54, 1.807) is 18.2 Å². The lowest BCUT2D eigenvalue weighted by atomic mass is 10.1. The molecule has 1 saturated heterocycles. The van der Waals surface area contributed by atoms with Gasteiger partial charge in [-0.25, -0.2) is 17.2 Å². The Morgan fingerprint density at radius 3 is 2.43 bits per heavy atom. The van der Waals surface area contributed by atoms with E-state index in [1.165, 1.54) is 37.6 Å². The van der Waals surface area contributed by atoms with Crippen LogP contribution in [0.4, 0.5) is 14.5 Å². The zero-order valence-corrected chi connectivity index (χ0v) is 24.2. The van der Waals surface area contributed by atoms with Gasteiger partial charge in [0.2, 0.25) is 0 Å². The van der Waals surface area contributed by atoms with E-state index in [0.717, 1.165) is 57.3 Å². The van der Waals surface area contributed by atoms with Crippen molar-refractivity contribution in [3.05, 3.63) is 78.5 Å². The van der Waals surface area contributed by atoms with Crippen LogP contribution in [0.3, 0.4) is 0 Å². The summed E-state index contributed by atoms with van der Waals surface area (Å²) in [6.07, 6.45) is 2.41. The average molecular weight is 599 g/mol. The maximum atomic E-state index is 15.0. The SMILES string of the molecule is COc1cc2c(Oc3ccc(NS(=O)(=O)c4ccccc4F)cc3F)ccnc2cc1OCCCN1CCN(C)CC1. The topological polar surface area (TPSA) is 93.2 Å². The maximum Gasteiger partial charge on any atom is 0.264 e. The molecule has 2 heterocycles. The van der Waals surface area contributed by atoms with Gasteiger partial charge in [0.05, 0.1) is 24.9 Å². The Morgan fingerprint density at radius 2 is 1.69 bits per heavy atom. The highest BCUT2D eigenvalue weighted by Crippen LogP contribution is 2.38. The Bertz CT molecular complexity index is 1660. The third-order valence-corrected chi connectivity index (χ3v) is 8.40. The van der Waals surface area contributed by atoms with Gasteiger partial charge in [0, 0.05) is 56.4 Å². The van der Waals surface area contributed by atoms with Crippen LogP contribution in [0.5, 0.6) is 23.0 Å². The second kappa shape index (κ2) is 12.9. The molecular formula is C30H32F2N4O5S. The molecule has 5 rings (SSSR count). The van der Waals surface area contributed by atoms with Crippen LogP contribution in [-0.2, 0) is 10.0 Å². The number of halogens is 2. The summed E-state index contributed by atoms with van der Waals surface area (Å²) in [5, 5.41) is 0.572. The summed E-state index contributed by atoms with van der Waals surface area (Å²) in [6.45, 7) is 5.71. The van der Waals surface area contributed by atoms with Gasteiger partial charge in [-0.15, -0.1) is 0 Å². The fraction of sp³-hybridized carbons (Fsp3) is 0.300. The Kier molecular flexibility index (Phi) is 9.05. The van der Waals surface area contributed by atoms with E-state index in [9.17, 15) is 12.8 Å². The molecule has 9 nitrogen and oxygen atoms in total. The summed E-state index contributed by atoms with van der Waals surface area (Å²) in [4.78, 5) is 8.62. The van der Waals surface area contributed by atoms with Crippen molar-refractivity contribution in [3.8, 4) is 23.0 Å². The Morgan fingerprint density at radius 1 is 0.905 bits per heavy atom. The highest BCUT2D eigenvalue weighted by Gasteiger charge is 2.20. The van der Waals surface area contributed by atoms with Crippen molar-refractivity contribution >= 4 is 26.6 Å². The first-order valence-electron chi connectivity index (χ1n) is 13.5. The summed E-state index contributed by atoms with van der Waals surface area (Å²) >= 11 is 0. The number of fused-ring (bicyclic) bond motifs is 1. The van der Waals surface area contributed by atoms with Gasteiger partial charge in [0.15, 0.2) is 23.1 Å². The Hall–Kier alpha value is -4.00. The van der Waals surface area contributed by atoms with Gasteiger partial charge in [-0.3, -0.25) is 9.71 Å². The monoisotopic (exact) mass is 598 g/mol. The van der Waals surface area contributed by atoms with Gasteiger partial charge in [-0.1, -0.05) is 12.1 Å². The number of sulfonamides is 1. The van der Waals surface area contributed by atoms with Crippen LogP contribution in [-0.4, -0.2) is 76.7 Å². The number of ether oxygens (including phenoxy) is 3. The quantitative estimate of drug-likeness (QED) is 0.238. The van der Waals surface area contributed by atoms with E-state index < -0.39 is 26.6 Å². The van der Waals surface area contributed by atoms with Crippen molar-refractivity contribution in [2.24, 2.45) is 0 Å². The highest BCUT2D eigenvalue weighted by molar-refractivity contribution is 7.92. The number of methoxy groups -OCH3 is 1. The van der Waals surface area contributed by atoms with Crippen LogP contribution < -0.4 is 18.9 Å². The molecule has 0 aliphatic carbocycles. The first-order chi connectivity index (χ1) is 20.2. The second-order valence-corrected chi connectivity index (χ2v) is 11.6. The molecule has 1 aliphatic heterocycles. The summed E-state index contributed by atoms with van der Waals surface area (Å²) in [7, 11) is -0.590. The summed E-state index contributed by atoms with van der Waals surface area (Å²) < 4.78 is 73.8. The summed E-state index contributed by atoms with van der Waals surface area (Å²) in [6, 6.07) is 13.6. The van der Waals surface area contributed by atoms with Gasteiger partial charge in [0.25, 0.3) is 10.0 Å². The minimum atomic E-state index is -4.26. The number of pyridine rings is 1. The third kappa shape index (κ3) is 6.89. The second-order valence-electron chi connectivity index (χ2n) is 9.96. The first kappa shape index (κ1) is 29.5. The minimum absolute atomic E-state index is 0.0845. The van der Waals surface area contributed by atoms with Gasteiger partial charge in [-0.2, -0.15) is 0 Å². The van der Waals surface area contributed by atoms with E-state index in [1.807, 2.05) is 0 Å². The van der Waals surface area contributed by atoms with Gasteiger partial charge in [-0.05, 0) is 49.9 Å². The molecule has 4 aromatic rings. The van der Waals surface area contributed by atoms with Gasteiger partial charge >= 0.3 is 0 Å². The van der Waals surface area contributed by atoms with E-state index in [-0.39, 0.29) is 11.4 Å². The standard InChI is InChI=1S/C30H32F2N4O5S/c1-35-13-15-36(16-14-35)12-5-17-40-29-20-25-22(19-28(29)39-2)26(10-11-33-25)41-27-9-8-21(18-24(27)32)34-42(37,38)30-7-4-3-6-23(30)31/h3-4,6-11,18-20,34H,5,12-17H2,1-2H3. The highest BCUT2D eigenvalue weighted by atomic mass is 32.2. The molecule has 0 amide bonds. The molecule has 1 fully saturated rings. The van der Waals surface area contributed by atoms with Crippen LogP contribution in [0.1, 0.15) is 6.42 Å². The third-order valence-electron chi connectivity index (χ3n) is 6.99. The minimum Gasteiger partial charge on any atom is -0.493 e. The Labute approximate surface area is 243 Å². The normalized spacial score (nSPS) is 14.6. The smallest absolute Gasteiger partial charge is 0.264 e. The molecule has 0 saturated carbocycles. The van der Waals surface area contributed by atoms with Gasteiger partial charge in [0.1, 0.15) is 16.5 Å². The van der Waals surface area contributed by atoms with Crippen molar-refractivity contribution in [1.82, 2.24) is 14.8 Å². The molecule has 0 radical (unpaired) electrons. The molecule has 222 valence electrons. The van der Waals surface area contributed by atoms with Crippen LogP contribution >= 0.6 is 0 Å². The fourth-order valence-electron chi connectivity index (χ4n) is 4.67. The molecule has 3 aromatic carbocycles. The van der Waals surface area contributed by atoms with Crippen molar-refractivity contribution in [3.63, 3.8) is 0 Å². The number of aromatic nitrogens is 1.